The molecular formula is C20H20N4O5S2. The van der Waals surface area contributed by atoms with Crippen molar-refractivity contribution in [3.63, 3.8) is 0 Å². The van der Waals surface area contributed by atoms with Crippen molar-refractivity contribution >= 4 is 46.0 Å². The monoisotopic (exact) mass is 460 g/mol. The average molecular weight is 461 g/mol. The van der Waals surface area contributed by atoms with Gasteiger partial charge in [0.1, 0.15) is 0 Å². The van der Waals surface area contributed by atoms with Crippen LogP contribution in [0, 0.1) is 13.8 Å². The van der Waals surface area contributed by atoms with Crippen molar-refractivity contribution in [1.82, 2.24) is 14.8 Å². The molecule has 3 aromatic rings. The van der Waals surface area contributed by atoms with Crippen molar-refractivity contribution in [2.45, 2.75) is 18.2 Å². The number of nitrogens with two attached hydrogens (primary N) is 1. The minimum Gasteiger partial charge on any atom is -0.465 e. The van der Waals surface area contributed by atoms with E-state index in [9.17, 15) is 14.4 Å². The van der Waals surface area contributed by atoms with E-state index in [1.807, 2.05) is 6.92 Å². The molecule has 11 heteroatoms. The molecule has 31 heavy (non-hydrogen) atoms. The lowest BCUT2D eigenvalue weighted by molar-refractivity contribution is 0.0599. The quantitative estimate of drug-likeness (QED) is 0.321. The number of carbonyl (C=O) groups excluding carboxylic acids is 3. The Hall–Kier alpha value is -3.18. The van der Waals surface area contributed by atoms with Crippen LogP contribution in [0.3, 0.4) is 0 Å². The Morgan fingerprint density at radius 2 is 1.65 bits per heavy atom. The van der Waals surface area contributed by atoms with E-state index in [2.05, 4.69) is 10.2 Å². The van der Waals surface area contributed by atoms with E-state index in [0.717, 1.165) is 5.69 Å². The molecule has 1 aromatic carbocycles. The molecule has 0 spiro atoms. The van der Waals surface area contributed by atoms with E-state index in [0.29, 0.717) is 26.4 Å². The zero-order valence-corrected chi connectivity index (χ0v) is 18.9. The first-order valence-corrected chi connectivity index (χ1v) is 10.8. The van der Waals surface area contributed by atoms with E-state index in [4.69, 9.17) is 15.2 Å². The van der Waals surface area contributed by atoms with Crippen molar-refractivity contribution in [1.29, 1.82) is 0 Å². The maximum atomic E-state index is 12.8. The number of nitrogen functional groups attached to an aromatic ring is 1. The van der Waals surface area contributed by atoms with Crippen LogP contribution in [0.25, 0.3) is 5.69 Å². The molecule has 0 aliphatic carbocycles. The summed E-state index contributed by atoms with van der Waals surface area (Å²) >= 11 is 2.49. The Labute approximate surface area is 186 Å². The summed E-state index contributed by atoms with van der Waals surface area (Å²) in [6.45, 7) is 3.64. The molecule has 0 aliphatic heterocycles. The Kier molecular flexibility index (Phi) is 6.76. The number of nitrogens with zero attached hydrogens (tertiary/aromatic N) is 3. The van der Waals surface area contributed by atoms with Crippen LogP contribution in [-0.2, 0) is 9.47 Å². The van der Waals surface area contributed by atoms with Gasteiger partial charge in [-0.1, -0.05) is 23.1 Å². The summed E-state index contributed by atoms with van der Waals surface area (Å²) < 4.78 is 12.0. The van der Waals surface area contributed by atoms with E-state index in [-0.39, 0.29) is 22.7 Å². The molecule has 162 valence electrons. The lowest BCUT2D eigenvalue weighted by Gasteiger charge is -2.13. The zero-order valence-electron chi connectivity index (χ0n) is 17.3. The standard InChI is InChI=1S/C20H20N4O5S2/c1-10-5-15(16(25)9-30-20-23-22-19(21)31-20)11(2)24(10)14-7-12(17(26)28-3)6-13(8-14)18(27)29-4/h5-8H,9H2,1-4H3,(H2,21,22). The molecule has 2 heterocycles. The molecule has 0 saturated carbocycles. The summed E-state index contributed by atoms with van der Waals surface area (Å²) in [4.78, 5) is 37.0. The summed E-state index contributed by atoms with van der Waals surface area (Å²) in [5.41, 5.74) is 8.49. The predicted molar refractivity (Wildman–Crippen MR) is 117 cm³/mol. The highest BCUT2D eigenvalue weighted by atomic mass is 32.2. The number of methoxy groups -OCH3 is 2. The molecular weight excluding hydrogens is 440 g/mol. The van der Waals surface area contributed by atoms with Crippen LogP contribution >= 0.6 is 23.1 Å². The van der Waals surface area contributed by atoms with Crippen LogP contribution in [0.4, 0.5) is 5.13 Å². The van der Waals surface area contributed by atoms with E-state index in [1.54, 1.807) is 29.7 Å². The van der Waals surface area contributed by atoms with E-state index < -0.39 is 11.9 Å². The van der Waals surface area contributed by atoms with Gasteiger partial charge in [-0.2, -0.15) is 0 Å². The Morgan fingerprint density at radius 3 is 2.16 bits per heavy atom. The first-order chi connectivity index (χ1) is 14.7. The topological polar surface area (TPSA) is 126 Å². The number of thioether (sulfide) groups is 1. The number of aromatic nitrogens is 3. The normalized spacial score (nSPS) is 10.7. The summed E-state index contributed by atoms with van der Waals surface area (Å²) in [5, 5.41) is 7.99. The number of ether oxygens (including phenoxy) is 2. The summed E-state index contributed by atoms with van der Waals surface area (Å²) in [5.74, 6) is -1.08. The highest BCUT2D eigenvalue weighted by Crippen LogP contribution is 2.27. The molecule has 0 bridgehead atoms. The molecule has 2 N–H and O–H groups in total. The molecule has 0 fully saturated rings. The fourth-order valence-electron chi connectivity index (χ4n) is 3.14. The average Bonchev–Trinajstić information content (AvgIpc) is 3.32. The molecule has 0 aliphatic rings. The third-order valence-corrected chi connectivity index (χ3v) is 6.38. The SMILES string of the molecule is COC(=O)c1cc(C(=O)OC)cc(-n2c(C)cc(C(=O)CSc3nnc(N)s3)c2C)c1. The maximum Gasteiger partial charge on any atom is 0.337 e. The summed E-state index contributed by atoms with van der Waals surface area (Å²) in [6.07, 6.45) is 0. The molecule has 2 aromatic heterocycles. The van der Waals surface area contributed by atoms with Gasteiger partial charge in [-0.25, -0.2) is 9.59 Å². The predicted octanol–water partition coefficient (Wildman–Crippen LogP) is 3.08. The van der Waals surface area contributed by atoms with Gasteiger partial charge in [0.25, 0.3) is 0 Å². The van der Waals surface area contributed by atoms with Crippen LogP contribution < -0.4 is 5.73 Å². The third kappa shape index (κ3) is 4.78. The molecule has 9 nitrogen and oxygen atoms in total. The van der Waals surface area contributed by atoms with Crippen LogP contribution in [0.15, 0.2) is 28.6 Å². The fraction of sp³-hybridized carbons (Fsp3) is 0.250. The molecule has 0 unspecified atom stereocenters. The van der Waals surface area contributed by atoms with Crippen molar-refractivity contribution in [3.8, 4) is 5.69 Å². The second kappa shape index (κ2) is 9.31. The molecule has 3 rings (SSSR count). The molecule has 0 saturated heterocycles. The van der Waals surface area contributed by atoms with Crippen LogP contribution in [-0.4, -0.2) is 52.5 Å². The first-order valence-electron chi connectivity index (χ1n) is 9.01. The van der Waals surface area contributed by atoms with Crippen LogP contribution in [0.1, 0.15) is 42.5 Å². The van der Waals surface area contributed by atoms with Gasteiger partial charge in [0.05, 0.1) is 31.1 Å². The van der Waals surface area contributed by atoms with Crippen molar-refractivity contribution in [2.75, 3.05) is 25.7 Å². The van der Waals surface area contributed by atoms with Gasteiger partial charge < -0.3 is 19.8 Å². The Balaban J connectivity index is 1.98. The summed E-state index contributed by atoms with van der Waals surface area (Å²) in [6, 6.07) is 6.39. The number of ketones is 1. The van der Waals surface area contributed by atoms with Gasteiger partial charge >= 0.3 is 11.9 Å². The number of hydrogen-bond donors (Lipinski definition) is 1. The van der Waals surface area contributed by atoms with Gasteiger partial charge in [0.15, 0.2) is 10.1 Å². The van der Waals surface area contributed by atoms with Crippen molar-refractivity contribution in [3.05, 3.63) is 52.3 Å². The van der Waals surface area contributed by atoms with Gasteiger partial charge in [-0.3, -0.25) is 4.79 Å². The molecule has 0 atom stereocenters. The second-order valence-corrected chi connectivity index (χ2v) is 8.72. The number of carbonyl (C=O) groups is 3. The number of benzene rings is 1. The number of aryl methyl sites for hydroxylation is 1. The zero-order chi connectivity index (χ0) is 22.7. The maximum absolute atomic E-state index is 12.8. The Bertz CT molecular complexity index is 1130. The number of hydrogen-bond acceptors (Lipinski definition) is 10. The molecule has 0 radical (unpaired) electrons. The highest BCUT2D eigenvalue weighted by molar-refractivity contribution is 8.01. The number of esters is 2. The van der Waals surface area contributed by atoms with Gasteiger partial charge in [0, 0.05) is 22.6 Å². The van der Waals surface area contributed by atoms with Crippen molar-refractivity contribution in [2.24, 2.45) is 0 Å². The lowest BCUT2D eigenvalue weighted by Crippen LogP contribution is -2.10. The summed E-state index contributed by atoms with van der Waals surface area (Å²) in [7, 11) is 2.53. The third-order valence-electron chi connectivity index (χ3n) is 4.50. The minimum absolute atomic E-state index is 0.0876. The first kappa shape index (κ1) is 22.5. The lowest BCUT2D eigenvalue weighted by atomic mass is 10.1. The van der Waals surface area contributed by atoms with Crippen molar-refractivity contribution < 1.29 is 23.9 Å². The van der Waals surface area contributed by atoms with Gasteiger partial charge in [-0.15, -0.1) is 10.2 Å². The van der Waals surface area contributed by atoms with Gasteiger partial charge in [0.2, 0.25) is 5.13 Å². The second-order valence-electron chi connectivity index (χ2n) is 6.49. The number of anilines is 1. The van der Waals surface area contributed by atoms with E-state index in [1.165, 1.54) is 43.4 Å². The number of rotatable bonds is 7. The highest BCUT2D eigenvalue weighted by Gasteiger charge is 2.20. The minimum atomic E-state index is -0.585. The molecule has 0 amide bonds. The van der Waals surface area contributed by atoms with Gasteiger partial charge in [-0.05, 0) is 38.1 Å². The van der Waals surface area contributed by atoms with Crippen LogP contribution in [0.5, 0.6) is 0 Å². The fourth-order valence-corrected chi connectivity index (χ4v) is 4.66. The Morgan fingerprint density at radius 1 is 1.03 bits per heavy atom. The van der Waals surface area contributed by atoms with Crippen LogP contribution in [0.2, 0.25) is 0 Å². The largest absolute Gasteiger partial charge is 0.465 e. The number of Topliss-reactive ketones (excluding diaryl/α,β-unsaturated/α-hetero) is 1. The van der Waals surface area contributed by atoms with E-state index >= 15 is 0 Å². The smallest absolute Gasteiger partial charge is 0.337 e.